The minimum Gasteiger partial charge on any atom is -0.481 e. The molecule has 4 nitrogen and oxygen atoms in total. The molecule has 0 heterocycles. The van der Waals surface area contributed by atoms with Gasteiger partial charge in [0.2, 0.25) is 5.91 Å². The van der Waals surface area contributed by atoms with E-state index in [4.69, 9.17) is 5.11 Å². The summed E-state index contributed by atoms with van der Waals surface area (Å²) in [6, 6.07) is 13.9. The fraction of sp³-hybridized carbons (Fsp3) is 0.250. The number of benzene rings is 2. The minimum atomic E-state index is -0.831. The van der Waals surface area contributed by atoms with Crippen LogP contribution in [0.5, 0.6) is 0 Å². The van der Waals surface area contributed by atoms with Gasteiger partial charge in [-0.05, 0) is 16.3 Å². The lowest BCUT2D eigenvalue weighted by molar-refractivity contribution is -0.133. The van der Waals surface area contributed by atoms with Crippen molar-refractivity contribution in [1.29, 1.82) is 0 Å². The summed E-state index contributed by atoms with van der Waals surface area (Å²) in [7, 11) is 0. The third-order valence-electron chi connectivity index (χ3n) is 3.03. The summed E-state index contributed by atoms with van der Waals surface area (Å²) in [6.07, 6.45) is 0.338. The molecule has 0 bridgehead atoms. The number of carbonyl (C=O) groups is 2. The van der Waals surface area contributed by atoms with Gasteiger partial charge in [0.15, 0.2) is 0 Å². The molecule has 21 heavy (non-hydrogen) atoms. The summed E-state index contributed by atoms with van der Waals surface area (Å²) in [4.78, 5) is 22.3. The maximum absolute atomic E-state index is 11.9. The third kappa shape index (κ3) is 4.79. The summed E-state index contributed by atoms with van der Waals surface area (Å²) in [6.45, 7) is 0.488. The monoisotopic (exact) mass is 303 g/mol. The quantitative estimate of drug-likeness (QED) is 0.770. The molecule has 1 amide bonds. The average molecular weight is 303 g/mol. The number of carboxylic acid groups (broad SMARTS) is 1. The molecular formula is C16H17NO3S. The number of thioether (sulfide) groups is 1. The van der Waals surface area contributed by atoms with E-state index in [-0.39, 0.29) is 11.7 Å². The third-order valence-corrected chi connectivity index (χ3v) is 3.97. The molecule has 0 aromatic heterocycles. The van der Waals surface area contributed by atoms with Gasteiger partial charge >= 0.3 is 5.97 Å². The number of fused-ring (bicyclic) bond motifs is 1. The Morgan fingerprint density at radius 1 is 1.10 bits per heavy atom. The van der Waals surface area contributed by atoms with Crippen LogP contribution in [0.1, 0.15) is 5.56 Å². The Labute approximate surface area is 127 Å². The van der Waals surface area contributed by atoms with E-state index in [0.717, 1.165) is 16.3 Å². The average Bonchev–Trinajstić information content (AvgIpc) is 2.47. The highest BCUT2D eigenvalue weighted by Gasteiger charge is 2.06. The zero-order valence-corrected chi connectivity index (χ0v) is 12.4. The van der Waals surface area contributed by atoms with Gasteiger partial charge in [-0.25, -0.2) is 0 Å². The molecular weight excluding hydrogens is 286 g/mol. The second-order valence-electron chi connectivity index (χ2n) is 4.61. The van der Waals surface area contributed by atoms with Gasteiger partial charge in [0.05, 0.1) is 12.2 Å². The Bertz CT molecular complexity index is 637. The molecule has 0 aliphatic rings. The van der Waals surface area contributed by atoms with Crippen LogP contribution in [0.2, 0.25) is 0 Å². The fourth-order valence-electron chi connectivity index (χ4n) is 2.10. The molecule has 2 rings (SSSR count). The van der Waals surface area contributed by atoms with Crippen LogP contribution in [-0.2, 0) is 16.0 Å². The van der Waals surface area contributed by atoms with Crippen LogP contribution in [-0.4, -0.2) is 35.0 Å². The van der Waals surface area contributed by atoms with Crippen LogP contribution >= 0.6 is 11.8 Å². The van der Waals surface area contributed by atoms with Crippen molar-refractivity contribution in [3.8, 4) is 0 Å². The molecule has 0 aliphatic heterocycles. The molecule has 0 saturated carbocycles. The first-order valence-corrected chi connectivity index (χ1v) is 7.85. The van der Waals surface area contributed by atoms with Crippen molar-refractivity contribution >= 4 is 34.4 Å². The Morgan fingerprint density at radius 2 is 1.86 bits per heavy atom. The smallest absolute Gasteiger partial charge is 0.313 e. The maximum atomic E-state index is 11.9. The second-order valence-corrected chi connectivity index (χ2v) is 5.72. The van der Waals surface area contributed by atoms with Crippen molar-refractivity contribution in [1.82, 2.24) is 5.32 Å². The topological polar surface area (TPSA) is 66.4 Å². The van der Waals surface area contributed by atoms with Crippen LogP contribution in [0.4, 0.5) is 0 Å². The van der Waals surface area contributed by atoms with Crippen LogP contribution in [0.15, 0.2) is 42.5 Å². The highest BCUT2D eigenvalue weighted by Crippen LogP contribution is 2.18. The van der Waals surface area contributed by atoms with Gasteiger partial charge < -0.3 is 10.4 Å². The zero-order chi connectivity index (χ0) is 15.1. The van der Waals surface area contributed by atoms with Gasteiger partial charge in [-0.2, -0.15) is 0 Å². The molecule has 0 atom stereocenters. The fourth-order valence-corrected chi connectivity index (χ4v) is 2.67. The largest absolute Gasteiger partial charge is 0.481 e. The van der Waals surface area contributed by atoms with Gasteiger partial charge in [-0.1, -0.05) is 42.5 Å². The molecule has 2 N–H and O–H groups in total. The van der Waals surface area contributed by atoms with Crippen molar-refractivity contribution in [3.63, 3.8) is 0 Å². The predicted molar refractivity (Wildman–Crippen MR) is 85.6 cm³/mol. The van der Waals surface area contributed by atoms with Gasteiger partial charge in [0.25, 0.3) is 0 Å². The van der Waals surface area contributed by atoms with Crippen molar-refractivity contribution in [2.45, 2.75) is 6.42 Å². The number of hydrogen-bond acceptors (Lipinski definition) is 3. The van der Waals surface area contributed by atoms with Gasteiger partial charge in [-0.3, -0.25) is 9.59 Å². The minimum absolute atomic E-state index is 0.0396. The van der Waals surface area contributed by atoms with E-state index in [0.29, 0.717) is 18.7 Å². The molecule has 0 unspecified atom stereocenters. The normalized spacial score (nSPS) is 10.5. The van der Waals surface area contributed by atoms with E-state index in [1.807, 2.05) is 42.5 Å². The summed E-state index contributed by atoms with van der Waals surface area (Å²) < 4.78 is 0. The Hall–Kier alpha value is -2.01. The number of carbonyl (C=O) groups excluding carboxylic acids is 1. The highest BCUT2D eigenvalue weighted by atomic mass is 32.2. The lowest BCUT2D eigenvalue weighted by atomic mass is 10.0. The molecule has 2 aromatic carbocycles. The van der Waals surface area contributed by atoms with Crippen molar-refractivity contribution in [2.24, 2.45) is 0 Å². The Morgan fingerprint density at radius 3 is 2.67 bits per heavy atom. The zero-order valence-electron chi connectivity index (χ0n) is 11.5. The molecule has 2 aromatic rings. The molecule has 5 heteroatoms. The lowest BCUT2D eigenvalue weighted by Gasteiger charge is -2.07. The van der Waals surface area contributed by atoms with Crippen LogP contribution in [0.3, 0.4) is 0 Å². The van der Waals surface area contributed by atoms with E-state index in [9.17, 15) is 9.59 Å². The number of carboxylic acids is 1. The maximum Gasteiger partial charge on any atom is 0.313 e. The molecule has 0 radical (unpaired) electrons. The van der Waals surface area contributed by atoms with Crippen molar-refractivity contribution < 1.29 is 14.7 Å². The lowest BCUT2D eigenvalue weighted by Crippen LogP contribution is -2.27. The summed E-state index contributed by atoms with van der Waals surface area (Å²) in [5.41, 5.74) is 1.00. The Balaban J connectivity index is 1.86. The predicted octanol–water partition coefficient (Wildman–Crippen LogP) is 2.32. The number of nitrogens with one attached hydrogen (secondary N) is 1. The van der Waals surface area contributed by atoms with Gasteiger partial charge in [0.1, 0.15) is 0 Å². The standard InChI is InChI=1S/C16H17NO3S/c18-15(17-8-9-21-11-16(19)20)10-13-6-3-5-12-4-1-2-7-14(12)13/h1-7H,8-11H2,(H,17,18)(H,19,20). The van der Waals surface area contributed by atoms with Crippen molar-refractivity contribution in [2.75, 3.05) is 18.1 Å². The summed E-state index contributed by atoms with van der Waals surface area (Å²) in [5.74, 6) is -0.198. The van der Waals surface area contributed by atoms with E-state index in [1.165, 1.54) is 11.8 Å². The molecule has 0 aliphatic carbocycles. The van der Waals surface area contributed by atoms with Crippen LogP contribution in [0, 0.1) is 0 Å². The van der Waals surface area contributed by atoms with E-state index >= 15 is 0 Å². The van der Waals surface area contributed by atoms with Gasteiger partial charge in [0, 0.05) is 12.3 Å². The number of aliphatic carboxylic acids is 1. The molecule has 0 saturated heterocycles. The van der Waals surface area contributed by atoms with Gasteiger partial charge in [-0.15, -0.1) is 11.8 Å². The van der Waals surface area contributed by atoms with Crippen LogP contribution < -0.4 is 5.32 Å². The summed E-state index contributed by atoms with van der Waals surface area (Å²) >= 11 is 1.30. The van der Waals surface area contributed by atoms with Crippen molar-refractivity contribution in [3.05, 3.63) is 48.0 Å². The highest BCUT2D eigenvalue weighted by molar-refractivity contribution is 7.99. The summed E-state index contributed by atoms with van der Waals surface area (Å²) in [5, 5.41) is 13.5. The first-order chi connectivity index (χ1) is 10.2. The molecule has 0 spiro atoms. The van der Waals surface area contributed by atoms with E-state index in [1.54, 1.807) is 0 Å². The van der Waals surface area contributed by atoms with E-state index < -0.39 is 5.97 Å². The number of rotatable bonds is 7. The first-order valence-electron chi connectivity index (χ1n) is 6.69. The van der Waals surface area contributed by atoms with Crippen LogP contribution in [0.25, 0.3) is 10.8 Å². The SMILES string of the molecule is O=C(O)CSCCNC(=O)Cc1cccc2ccccc12. The molecule has 0 fully saturated rings. The number of amides is 1. The molecule has 110 valence electrons. The Kier molecular flexibility index (Phi) is 5.63. The van der Waals surface area contributed by atoms with E-state index in [2.05, 4.69) is 5.32 Å². The second kappa shape index (κ2) is 7.69. The number of hydrogen-bond donors (Lipinski definition) is 2. The first kappa shape index (κ1) is 15.4.